The van der Waals surface area contributed by atoms with Gasteiger partial charge >= 0.3 is 0 Å². The molecule has 0 saturated carbocycles. The third kappa shape index (κ3) is 2.24. The number of carbonyl (C=O) groups is 2. The van der Waals surface area contributed by atoms with Crippen molar-refractivity contribution >= 4 is 34.8 Å². The SMILES string of the molecule is O=C1[C@@H]2C3c4ccccc4C([N+](=O)[O-])(c4ccccc43)[C@@H]2C(=O)N1c1ccc(Cl)c([N+](=O)[O-])c1. The molecule has 4 aliphatic rings. The molecule has 3 aliphatic carbocycles. The van der Waals surface area contributed by atoms with Crippen LogP contribution in [-0.2, 0) is 15.1 Å². The summed E-state index contributed by atoms with van der Waals surface area (Å²) < 4.78 is 0. The van der Waals surface area contributed by atoms with E-state index in [1.165, 1.54) is 12.1 Å². The minimum absolute atomic E-state index is 0.0356. The van der Waals surface area contributed by atoms with E-state index >= 15 is 0 Å². The van der Waals surface area contributed by atoms with Crippen LogP contribution < -0.4 is 4.90 Å². The molecule has 1 aliphatic heterocycles. The van der Waals surface area contributed by atoms with Crippen LogP contribution in [0, 0.1) is 32.1 Å². The lowest BCUT2D eigenvalue weighted by Gasteiger charge is -2.48. The van der Waals surface area contributed by atoms with Gasteiger partial charge in [0.1, 0.15) is 10.9 Å². The zero-order chi connectivity index (χ0) is 23.9. The molecule has 34 heavy (non-hydrogen) atoms. The van der Waals surface area contributed by atoms with E-state index in [4.69, 9.17) is 11.6 Å². The number of hydrogen-bond acceptors (Lipinski definition) is 6. The number of halogens is 1. The highest BCUT2D eigenvalue weighted by atomic mass is 35.5. The summed E-state index contributed by atoms with van der Waals surface area (Å²) in [7, 11) is 0. The van der Waals surface area contributed by atoms with Gasteiger partial charge in [-0.1, -0.05) is 60.1 Å². The quantitative estimate of drug-likeness (QED) is 0.320. The van der Waals surface area contributed by atoms with Crippen molar-refractivity contribution in [2.24, 2.45) is 11.8 Å². The number of imide groups is 1. The zero-order valence-corrected chi connectivity index (χ0v) is 18.0. The summed E-state index contributed by atoms with van der Waals surface area (Å²) in [6, 6.07) is 17.3. The van der Waals surface area contributed by atoms with Crippen LogP contribution in [0.25, 0.3) is 0 Å². The van der Waals surface area contributed by atoms with Gasteiger partial charge in [0.15, 0.2) is 0 Å². The lowest BCUT2D eigenvalue weighted by atomic mass is 9.51. The zero-order valence-electron chi connectivity index (χ0n) is 17.3. The van der Waals surface area contributed by atoms with E-state index in [2.05, 4.69) is 0 Å². The lowest BCUT2D eigenvalue weighted by molar-refractivity contribution is -0.578. The molecule has 1 saturated heterocycles. The number of nitrogens with zero attached hydrogens (tertiary/aromatic N) is 3. The molecule has 2 bridgehead atoms. The predicted octanol–water partition coefficient (Wildman–Crippen LogP) is 4.03. The highest BCUT2D eigenvalue weighted by Crippen LogP contribution is 2.64. The first kappa shape index (κ1) is 20.5. The molecule has 0 spiro atoms. The van der Waals surface area contributed by atoms with Crippen molar-refractivity contribution in [2.75, 3.05) is 4.90 Å². The highest BCUT2D eigenvalue weighted by Gasteiger charge is 2.74. The van der Waals surface area contributed by atoms with Crippen molar-refractivity contribution < 1.29 is 19.4 Å². The molecule has 168 valence electrons. The van der Waals surface area contributed by atoms with Crippen LogP contribution >= 0.6 is 11.6 Å². The maximum Gasteiger partial charge on any atom is 0.289 e. The number of benzene rings is 3. The van der Waals surface area contributed by atoms with Crippen LogP contribution in [-0.4, -0.2) is 21.7 Å². The van der Waals surface area contributed by atoms with Gasteiger partial charge in [0, 0.05) is 28.0 Å². The van der Waals surface area contributed by atoms with Crippen molar-refractivity contribution in [2.45, 2.75) is 11.5 Å². The Kier molecular flexibility index (Phi) is 4.04. The van der Waals surface area contributed by atoms with E-state index in [0.717, 1.165) is 11.0 Å². The smallest absolute Gasteiger partial charge is 0.274 e. The maximum atomic E-state index is 13.8. The topological polar surface area (TPSA) is 124 Å². The Morgan fingerprint density at radius 2 is 1.44 bits per heavy atom. The van der Waals surface area contributed by atoms with Gasteiger partial charge in [-0.05, 0) is 23.3 Å². The van der Waals surface area contributed by atoms with Crippen molar-refractivity contribution in [3.63, 3.8) is 0 Å². The fourth-order valence-electron chi connectivity index (χ4n) is 6.08. The Morgan fingerprint density at radius 1 is 0.853 bits per heavy atom. The molecule has 9 nitrogen and oxygen atoms in total. The van der Waals surface area contributed by atoms with Crippen LogP contribution in [0.15, 0.2) is 66.7 Å². The average Bonchev–Trinajstić information content (AvgIpc) is 3.10. The van der Waals surface area contributed by atoms with E-state index < -0.39 is 50.6 Å². The van der Waals surface area contributed by atoms with E-state index in [0.29, 0.717) is 22.3 Å². The van der Waals surface area contributed by atoms with Crippen molar-refractivity contribution in [3.05, 3.63) is 114 Å². The highest BCUT2D eigenvalue weighted by molar-refractivity contribution is 6.33. The predicted molar refractivity (Wildman–Crippen MR) is 120 cm³/mol. The van der Waals surface area contributed by atoms with Crippen LogP contribution in [0.1, 0.15) is 28.2 Å². The summed E-state index contributed by atoms with van der Waals surface area (Å²) >= 11 is 5.92. The minimum Gasteiger partial charge on any atom is -0.274 e. The number of nitro benzene ring substituents is 1. The van der Waals surface area contributed by atoms with Gasteiger partial charge in [-0.25, -0.2) is 4.90 Å². The van der Waals surface area contributed by atoms with E-state index in [9.17, 15) is 29.8 Å². The first-order valence-corrected chi connectivity index (χ1v) is 10.8. The molecule has 0 unspecified atom stereocenters. The van der Waals surface area contributed by atoms with Gasteiger partial charge in [0.25, 0.3) is 11.2 Å². The second kappa shape index (κ2) is 6.71. The lowest BCUT2D eigenvalue weighted by Crippen LogP contribution is -2.57. The third-order valence-electron chi connectivity index (χ3n) is 7.25. The standard InChI is InChI=1S/C24H14ClN3O6/c25-17-10-9-12(11-18(17)27(31)32)26-22(29)20-19-13-5-1-3-7-15(13)24(28(33)34,21(20)23(26)30)16-8-4-2-6-14(16)19/h1-11,19-21H/t19?,20-,21+,24?/m1/s1. The summed E-state index contributed by atoms with van der Waals surface area (Å²) in [5.74, 6) is -4.23. The summed E-state index contributed by atoms with van der Waals surface area (Å²) in [5, 5.41) is 24.2. The summed E-state index contributed by atoms with van der Waals surface area (Å²) in [6.07, 6.45) is 0. The first-order valence-electron chi connectivity index (χ1n) is 10.4. The molecule has 7 rings (SSSR count). The Morgan fingerprint density at radius 3 is 2.00 bits per heavy atom. The second-order valence-electron chi connectivity index (χ2n) is 8.58. The van der Waals surface area contributed by atoms with Crippen LogP contribution in [0.2, 0.25) is 5.02 Å². The summed E-state index contributed by atoms with van der Waals surface area (Å²) in [6.45, 7) is 0. The fourth-order valence-corrected chi connectivity index (χ4v) is 6.26. The van der Waals surface area contributed by atoms with Crippen LogP contribution in [0.5, 0.6) is 0 Å². The molecular formula is C24H14ClN3O6. The number of rotatable bonds is 3. The molecule has 3 aromatic carbocycles. The number of nitro groups is 2. The molecule has 3 aromatic rings. The summed E-state index contributed by atoms with van der Waals surface area (Å²) in [4.78, 5) is 51.6. The molecule has 0 radical (unpaired) electrons. The summed E-state index contributed by atoms with van der Waals surface area (Å²) in [5.41, 5.74) is -0.370. The molecule has 2 amide bonds. The average molecular weight is 476 g/mol. The monoisotopic (exact) mass is 475 g/mol. The molecule has 0 aromatic heterocycles. The third-order valence-corrected chi connectivity index (χ3v) is 7.57. The van der Waals surface area contributed by atoms with Gasteiger partial charge in [0.2, 0.25) is 11.8 Å². The van der Waals surface area contributed by atoms with Gasteiger partial charge in [-0.2, -0.15) is 0 Å². The number of anilines is 1. The fraction of sp³-hybridized carbons (Fsp3) is 0.167. The molecule has 2 atom stereocenters. The van der Waals surface area contributed by atoms with Gasteiger partial charge in [0.05, 0.1) is 16.5 Å². The van der Waals surface area contributed by atoms with Crippen LogP contribution in [0.3, 0.4) is 0 Å². The van der Waals surface area contributed by atoms with Gasteiger partial charge < -0.3 is 0 Å². The second-order valence-corrected chi connectivity index (χ2v) is 8.99. The van der Waals surface area contributed by atoms with E-state index in [1.54, 1.807) is 48.5 Å². The Bertz CT molecular complexity index is 1420. The number of carbonyl (C=O) groups excluding carboxylic acids is 2. The van der Waals surface area contributed by atoms with Gasteiger partial charge in [-0.15, -0.1) is 0 Å². The molecule has 0 N–H and O–H groups in total. The van der Waals surface area contributed by atoms with E-state index in [-0.39, 0.29) is 10.7 Å². The molecule has 1 heterocycles. The van der Waals surface area contributed by atoms with Crippen molar-refractivity contribution in [1.82, 2.24) is 0 Å². The number of hydrogen-bond donors (Lipinski definition) is 0. The van der Waals surface area contributed by atoms with Crippen molar-refractivity contribution in [3.8, 4) is 0 Å². The largest absolute Gasteiger partial charge is 0.289 e. The Hall–Kier alpha value is -4.11. The van der Waals surface area contributed by atoms with Gasteiger partial charge in [-0.3, -0.25) is 29.8 Å². The molecule has 1 fully saturated rings. The van der Waals surface area contributed by atoms with E-state index in [1.807, 2.05) is 0 Å². The molecule has 10 heteroatoms. The maximum absolute atomic E-state index is 13.8. The first-order chi connectivity index (χ1) is 16.3. The van der Waals surface area contributed by atoms with Crippen LogP contribution in [0.4, 0.5) is 11.4 Å². The molecular weight excluding hydrogens is 462 g/mol. The van der Waals surface area contributed by atoms with Crippen molar-refractivity contribution in [1.29, 1.82) is 0 Å². The normalized spacial score (nSPS) is 26.1. The number of amides is 2. The minimum atomic E-state index is -1.95. The Labute approximate surface area is 196 Å². The Balaban J connectivity index is 1.63.